The van der Waals surface area contributed by atoms with Gasteiger partial charge in [-0.25, -0.2) is 0 Å². The SMILES string of the molecule is c1ccc(-c2ccc(N(c3ccc(-c4ccccc4)cc3)c3cc4c(s3)c3sc5c6sc(N(c7ccc(-c8ccccc8)cc7)c7ccc(-c8ccccc8)cc7)cc6n(-c6ccc(-c7ccccc7)cc6)c5c3n4-c3ccccc3)cc2)cc1. The average molecular weight is 1140 g/mol. The molecule has 7 heteroatoms. The molecule has 0 aliphatic heterocycles. The Morgan fingerprint density at radius 3 is 0.729 bits per heavy atom. The average Bonchev–Trinajstić information content (AvgIpc) is 1.63. The van der Waals surface area contributed by atoms with E-state index >= 15 is 0 Å². The van der Waals surface area contributed by atoms with Crippen molar-refractivity contribution < 1.29 is 0 Å². The van der Waals surface area contributed by atoms with Crippen LogP contribution in [-0.2, 0) is 0 Å². The van der Waals surface area contributed by atoms with E-state index in [1.165, 1.54) is 96.5 Å². The third-order valence-corrected chi connectivity index (χ3v) is 19.9. The Labute approximate surface area is 505 Å². The summed E-state index contributed by atoms with van der Waals surface area (Å²) < 4.78 is 10.1. The van der Waals surface area contributed by atoms with E-state index in [9.17, 15) is 0 Å². The first kappa shape index (κ1) is 50.4. The van der Waals surface area contributed by atoms with Gasteiger partial charge in [0.25, 0.3) is 0 Å². The fraction of sp³-hybridized carbons (Fsp3) is 0. The minimum Gasteiger partial charge on any atom is -0.305 e. The maximum absolute atomic E-state index is 2.55. The highest BCUT2D eigenvalue weighted by molar-refractivity contribution is 7.35. The van der Waals surface area contributed by atoms with Crippen molar-refractivity contribution in [3.63, 3.8) is 0 Å². The molecule has 0 bridgehead atoms. The maximum Gasteiger partial charge on any atom is 0.103 e. The molecule has 0 saturated heterocycles. The fourth-order valence-electron chi connectivity index (χ4n) is 12.1. The zero-order valence-electron chi connectivity index (χ0n) is 46.0. The van der Waals surface area contributed by atoms with Gasteiger partial charge >= 0.3 is 0 Å². The number of anilines is 6. The monoisotopic (exact) mass is 1140 g/mol. The second kappa shape index (κ2) is 21.5. The maximum atomic E-state index is 2.55. The molecule has 16 aromatic rings. The number of hydrogen-bond acceptors (Lipinski definition) is 5. The van der Waals surface area contributed by atoms with E-state index in [2.05, 4.69) is 334 Å². The molecule has 402 valence electrons. The van der Waals surface area contributed by atoms with Gasteiger partial charge in [0, 0.05) is 34.1 Å². The summed E-state index contributed by atoms with van der Waals surface area (Å²) in [6.07, 6.45) is 0. The number of aromatic nitrogens is 2. The van der Waals surface area contributed by atoms with Crippen LogP contribution in [0, 0.1) is 0 Å². The van der Waals surface area contributed by atoms with Crippen molar-refractivity contribution in [3.05, 3.63) is 315 Å². The molecule has 11 aromatic carbocycles. The van der Waals surface area contributed by atoms with Crippen LogP contribution in [0.2, 0.25) is 0 Å². The van der Waals surface area contributed by atoms with Crippen LogP contribution in [0.15, 0.2) is 315 Å². The van der Waals surface area contributed by atoms with Crippen LogP contribution in [-0.4, -0.2) is 9.13 Å². The summed E-state index contributed by atoms with van der Waals surface area (Å²) in [5.41, 5.74) is 23.3. The Bertz CT molecular complexity index is 4810. The molecule has 16 rings (SSSR count). The summed E-state index contributed by atoms with van der Waals surface area (Å²) in [4.78, 5) is 4.88. The second-order valence-electron chi connectivity index (χ2n) is 21.3. The summed E-state index contributed by atoms with van der Waals surface area (Å²) in [7, 11) is 0. The summed E-state index contributed by atoms with van der Waals surface area (Å²) in [5.74, 6) is 0. The molecule has 0 radical (unpaired) electrons. The van der Waals surface area contributed by atoms with Gasteiger partial charge in [0.2, 0.25) is 0 Å². The van der Waals surface area contributed by atoms with Crippen LogP contribution in [0.4, 0.5) is 32.8 Å². The number of hydrogen-bond donors (Lipinski definition) is 0. The summed E-state index contributed by atoms with van der Waals surface area (Å²) in [5, 5.41) is 2.28. The van der Waals surface area contributed by atoms with E-state index in [1.807, 2.05) is 34.0 Å². The van der Waals surface area contributed by atoms with Crippen molar-refractivity contribution in [3.8, 4) is 67.0 Å². The third-order valence-electron chi connectivity index (χ3n) is 16.2. The van der Waals surface area contributed by atoms with E-state index in [0.29, 0.717) is 0 Å². The van der Waals surface area contributed by atoms with Gasteiger partial charge in [0.05, 0.1) is 40.9 Å². The predicted molar refractivity (Wildman–Crippen MR) is 365 cm³/mol. The fourth-order valence-corrected chi connectivity index (χ4v) is 16.0. The number of rotatable bonds is 13. The molecule has 0 aliphatic rings. The first-order valence-corrected chi connectivity index (χ1v) is 31.1. The number of benzene rings is 11. The molecule has 5 heterocycles. The number of nitrogens with zero attached hydrogens (tertiary/aromatic N) is 4. The van der Waals surface area contributed by atoms with Gasteiger partial charge in [-0.3, -0.25) is 0 Å². The minimum absolute atomic E-state index is 1.10. The summed E-state index contributed by atoms with van der Waals surface area (Å²) >= 11 is 5.67. The third kappa shape index (κ3) is 9.14. The van der Waals surface area contributed by atoms with Crippen molar-refractivity contribution in [1.29, 1.82) is 0 Å². The van der Waals surface area contributed by atoms with Crippen LogP contribution >= 0.6 is 34.0 Å². The Morgan fingerprint density at radius 1 is 0.212 bits per heavy atom. The van der Waals surface area contributed by atoms with Crippen LogP contribution in [0.3, 0.4) is 0 Å². The van der Waals surface area contributed by atoms with E-state index < -0.39 is 0 Å². The van der Waals surface area contributed by atoms with Gasteiger partial charge in [-0.15, -0.1) is 34.0 Å². The summed E-state index contributed by atoms with van der Waals surface area (Å²) in [6.45, 7) is 0. The molecule has 0 saturated carbocycles. The van der Waals surface area contributed by atoms with E-state index in [4.69, 9.17) is 0 Å². The molecular formula is C78H52N4S3. The normalized spacial score (nSPS) is 11.5. The molecule has 0 aliphatic carbocycles. The molecule has 5 aromatic heterocycles. The van der Waals surface area contributed by atoms with Gasteiger partial charge in [0.1, 0.15) is 10.0 Å². The molecular weight excluding hydrogens is 1090 g/mol. The lowest BCUT2D eigenvalue weighted by Gasteiger charge is -2.24. The van der Waals surface area contributed by atoms with E-state index in [1.54, 1.807) is 0 Å². The van der Waals surface area contributed by atoms with Gasteiger partial charge in [-0.1, -0.05) is 231 Å². The lowest BCUT2D eigenvalue weighted by Crippen LogP contribution is -2.08. The number of fused-ring (bicyclic) bond motifs is 7. The number of thiophene rings is 3. The highest BCUT2D eigenvalue weighted by Gasteiger charge is 2.30. The Hall–Kier alpha value is -10.3. The number of para-hydroxylation sites is 1. The molecule has 0 atom stereocenters. The van der Waals surface area contributed by atoms with Gasteiger partial charge in [0.15, 0.2) is 0 Å². The highest BCUT2D eigenvalue weighted by atomic mass is 32.1. The Morgan fingerprint density at radius 2 is 0.447 bits per heavy atom. The molecule has 0 N–H and O–H groups in total. The Balaban J connectivity index is 0.912. The standard InChI is InChI=1S/C78H52N4S3/c1-7-19-53(20-8-1)58-31-41-64(42-32-58)79(65-43-33-59(34-44-65)54-21-9-2-10-22-54)71-51-69-75(83-71)77-73(81(69)63-29-17-6-18-30-63)74-78(85-77)76-70(82(74)68-49-39-62(40-50-68)57-27-15-5-16-28-57)52-72(84-76)80(66-45-35-60(36-46-66)55-23-11-3-12-24-55)67-47-37-61(38-48-67)56-25-13-4-14-26-56/h1-52H. The van der Waals surface area contributed by atoms with Crippen molar-refractivity contribution in [2.24, 2.45) is 0 Å². The largest absolute Gasteiger partial charge is 0.305 e. The Kier molecular flexibility index (Phi) is 12.7. The molecule has 0 amide bonds. The topological polar surface area (TPSA) is 16.3 Å². The van der Waals surface area contributed by atoms with Crippen molar-refractivity contribution in [2.45, 2.75) is 0 Å². The van der Waals surface area contributed by atoms with Crippen molar-refractivity contribution in [1.82, 2.24) is 9.13 Å². The van der Waals surface area contributed by atoms with Crippen LogP contribution < -0.4 is 9.80 Å². The van der Waals surface area contributed by atoms with Gasteiger partial charge in [-0.2, -0.15) is 0 Å². The molecule has 0 unspecified atom stereocenters. The highest BCUT2D eigenvalue weighted by Crippen LogP contribution is 2.55. The molecule has 0 spiro atoms. The summed E-state index contributed by atoms with van der Waals surface area (Å²) in [6, 6.07) is 115. The van der Waals surface area contributed by atoms with Gasteiger partial charge < -0.3 is 18.9 Å². The molecule has 4 nitrogen and oxygen atoms in total. The second-order valence-corrected chi connectivity index (χ2v) is 24.4. The van der Waals surface area contributed by atoms with Crippen molar-refractivity contribution >= 4 is 108 Å². The van der Waals surface area contributed by atoms with Gasteiger partial charge in [-0.05, 0) is 141 Å². The first-order valence-electron chi connectivity index (χ1n) is 28.6. The van der Waals surface area contributed by atoms with Crippen LogP contribution in [0.5, 0.6) is 0 Å². The smallest absolute Gasteiger partial charge is 0.103 e. The van der Waals surface area contributed by atoms with Crippen LogP contribution in [0.25, 0.3) is 108 Å². The quantitative estimate of drug-likeness (QED) is 0.114. The van der Waals surface area contributed by atoms with E-state index in [-0.39, 0.29) is 0 Å². The van der Waals surface area contributed by atoms with Crippen molar-refractivity contribution in [2.75, 3.05) is 9.80 Å². The predicted octanol–water partition coefficient (Wildman–Crippen LogP) is 23.3. The minimum atomic E-state index is 1.10. The zero-order valence-corrected chi connectivity index (χ0v) is 48.5. The molecule has 85 heavy (non-hydrogen) atoms. The zero-order chi connectivity index (χ0) is 56.2. The lowest BCUT2D eigenvalue weighted by molar-refractivity contribution is 1.15. The lowest BCUT2D eigenvalue weighted by atomic mass is 10.0. The van der Waals surface area contributed by atoms with Crippen LogP contribution in [0.1, 0.15) is 0 Å². The van der Waals surface area contributed by atoms with E-state index in [0.717, 1.165) is 44.1 Å². The molecule has 0 fully saturated rings. The first-order chi connectivity index (χ1) is 42.1.